The minimum Gasteiger partial charge on any atom is -0.480 e. The van der Waals surface area contributed by atoms with Crippen LogP contribution in [0, 0.1) is 0 Å². The van der Waals surface area contributed by atoms with Crippen LogP contribution < -0.4 is 5.32 Å². The molecule has 4 heteroatoms. The number of rotatable bonds is 3. The van der Waals surface area contributed by atoms with Gasteiger partial charge in [0.1, 0.15) is 6.04 Å². The van der Waals surface area contributed by atoms with Gasteiger partial charge in [0.15, 0.2) is 0 Å². The zero-order valence-corrected chi connectivity index (χ0v) is 8.99. The molecule has 0 aromatic rings. The predicted octanol–water partition coefficient (Wildman–Crippen LogP) is 0.533. The van der Waals surface area contributed by atoms with E-state index in [1.807, 2.05) is 11.9 Å². The summed E-state index contributed by atoms with van der Waals surface area (Å²) in [7, 11) is 1.91. The van der Waals surface area contributed by atoms with Gasteiger partial charge in [0.25, 0.3) is 0 Å². The summed E-state index contributed by atoms with van der Waals surface area (Å²) >= 11 is 0. The van der Waals surface area contributed by atoms with Crippen LogP contribution in [-0.4, -0.2) is 48.2 Å². The van der Waals surface area contributed by atoms with E-state index in [2.05, 4.69) is 5.32 Å². The zero-order chi connectivity index (χ0) is 10.6. The largest absolute Gasteiger partial charge is 0.480 e. The van der Waals surface area contributed by atoms with E-state index in [-0.39, 0.29) is 6.04 Å². The first-order chi connectivity index (χ1) is 6.63. The fourth-order valence-corrected chi connectivity index (χ4v) is 1.90. The Labute approximate surface area is 85.3 Å². The number of carboxylic acids is 1. The first-order valence-corrected chi connectivity index (χ1v) is 5.28. The van der Waals surface area contributed by atoms with Crippen LogP contribution in [0.5, 0.6) is 0 Å². The molecule has 2 N–H and O–H groups in total. The van der Waals surface area contributed by atoms with Gasteiger partial charge in [-0.3, -0.25) is 9.69 Å². The Morgan fingerprint density at radius 1 is 1.50 bits per heavy atom. The third-order valence-electron chi connectivity index (χ3n) is 3.09. The molecule has 0 aliphatic carbocycles. The summed E-state index contributed by atoms with van der Waals surface area (Å²) in [5, 5.41) is 12.2. The second-order valence-corrected chi connectivity index (χ2v) is 4.01. The van der Waals surface area contributed by atoms with E-state index in [0.29, 0.717) is 6.04 Å². The number of likely N-dealkylation sites (N-methyl/N-ethyl adjacent to an activating group) is 1. The lowest BCUT2D eigenvalue weighted by Gasteiger charge is -2.29. The molecule has 14 heavy (non-hydrogen) atoms. The number of hydrogen-bond donors (Lipinski definition) is 2. The third-order valence-corrected chi connectivity index (χ3v) is 3.09. The van der Waals surface area contributed by atoms with E-state index >= 15 is 0 Å². The molecule has 0 spiro atoms. The van der Waals surface area contributed by atoms with Crippen LogP contribution in [0.2, 0.25) is 0 Å². The summed E-state index contributed by atoms with van der Waals surface area (Å²) in [6, 6.07) is 0.0363. The Bertz CT molecular complexity index is 189. The van der Waals surface area contributed by atoms with Crippen molar-refractivity contribution in [3.8, 4) is 0 Å². The van der Waals surface area contributed by atoms with Gasteiger partial charge in [0, 0.05) is 6.04 Å². The van der Waals surface area contributed by atoms with Gasteiger partial charge in [0.05, 0.1) is 0 Å². The highest BCUT2D eigenvalue weighted by Gasteiger charge is 2.24. The van der Waals surface area contributed by atoms with E-state index in [1.54, 1.807) is 6.92 Å². The third kappa shape index (κ3) is 2.96. The molecular weight excluding hydrogens is 180 g/mol. The van der Waals surface area contributed by atoms with Crippen LogP contribution in [0.15, 0.2) is 0 Å². The van der Waals surface area contributed by atoms with Crippen LogP contribution >= 0.6 is 0 Å². The number of nitrogens with zero attached hydrogens (tertiary/aromatic N) is 1. The Balaban J connectivity index is 2.48. The summed E-state index contributed by atoms with van der Waals surface area (Å²) < 4.78 is 0. The first-order valence-electron chi connectivity index (χ1n) is 5.28. The maximum absolute atomic E-state index is 10.8. The molecule has 4 nitrogen and oxygen atoms in total. The number of carbonyl (C=O) groups is 1. The molecule has 82 valence electrons. The molecular formula is C10H20N2O2. The molecule has 0 bridgehead atoms. The van der Waals surface area contributed by atoms with Gasteiger partial charge in [0.2, 0.25) is 0 Å². The molecule has 2 unspecified atom stereocenters. The molecule has 1 heterocycles. The molecule has 0 amide bonds. The molecule has 1 saturated heterocycles. The fourth-order valence-electron chi connectivity index (χ4n) is 1.90. The van der Waals surface area contributed by atoms with Crippen molar-refractivity contribution in [1.82, 2.24) is 10.2 Å². The maximum Gasteiger partial charge on any atom is 0.320 e. The van der Waals surface area contributed by atoms with Gasteiger partial charge in [-0.1, -0.05) is 0 Å². The Morgan fingerprint density at radius 3 is 2.86 bits per heavy atom. The Hall–Kier alpha value is -0.610. The smallest absolute Gasteiger partial charge is 0.320 e. The average Bonchev–Trinajstić information content (AvgIpc) is 2.43. The number of carboxylic acid groups (broad SMARTS) is 1. The molecule has 1 aliphatic rings. The number of hydrogen-bond acceptors (Lipinski definition) is 3. The normalized spacial score (nSPS) is 25.8. The quantitative estimate of drug-likeness (QED) is 0.698. The monoisotopic (exact) mass is 200 g/mol. The van der Waals surface area contributed by atoms with E-state index in [0.717, 1.165) is 32.4 Å². The summed E-state index contributed by atoms with van der Waals surface area (Å²) in [5.41, 5.74) is 0. The lowest BCUT2D eigenvalue weighted by Crippen LogP contribution is -2.43. The Morgan fingerprint density at radius 2 is 2.21 bits per heavy atom. The molecule has 2 atom stereocenters. The van der Waals surface area contributed by atoms with Crippen molar-refractivity contribution in [2.45, 2.75) is 38.3 Å². The van der Waals surface area contributed by atoms with Crippen molar-refractivity contribution in [3.05, 3.63) is 0 Å². The van der Waals surface area contributed by atoms with Crippen molar-refractivity contribution >= 4 is 5.97 Å². The molecule has 0 radical (unpaired) electrons. The molecule has 1 aliphatic heterocycles. The van der Waals surface area contributed by atoms with Crippen LogP contribution in [0.3, 0.4) is 0 Å². The summed E-state index contributed by atoms with van der Waals surface area (Å²) in [6.45, 7) is 3.81. The maximum atomic E-state index is 10.8. The van der Waals surface area contributed by atoms with E-state index in [4.69, 9.17) is 5.11 Å². The van der Waals surface area contributed by atoms with E-state index < -0.39 is 5.97 Å². The zero-order valence-electron chi connectivity index (χ0n) is 8.99. The summed E-state index contributed by atoms with van der Waals surface area (Å²) in [6.07, 6.45) is 3.29. The van der Waals surface area contributed by atoms with Crippen LogP contribution in [0.1, 0.15) is 26.2 Å². The standard InChI is InChI=1S/C10H20N2O2/c1-8(10(13)14)12(2)9-4-3-6-11-7-5-9/h8-9,11H,3-7H2,1-2H3,(H,13,14). The van der Waals surface area contributed by atoms with Crippen LogP contribution in [-0.2, 0) is 4.79 Å². The second-order valence-electron chi connectivity index (χ2n) is 4.01. The van der Waals surface area contributed by atoms with Crippen molar-refractivity contribution in [2.24, 2.45) is 0 Å². The molecule has 0 saturated carbocycles. The van der Waals surface area contributed by atoms with Crippen molar-refractivity contribution in [3.63, 3.8) is 0 Å². The highest BCUT2D eigenvalue weighted by atomic mass is 16.4. The van der Waals surface area contributed by atoms with Gasteiger partial charge < -0.3 is 10.4 Å². The van der Waals surface area contributed by atoms with Crippen molar-refractivity contribution in [1.29, 1.82) is 0 Å². The molecule has 0 aromatic carbocycles. The van der Waals surface area contributed by atoms with E-state index in [1.165, 1.54) is 0 Å². The fraction of sp³-hybridized carbons (Fsp3) is 0.900. The van der Waals surface area contributed by atoms with E-state index in [9.17, 15) is 4.79 Å². The minimum absolute atomic E-state index is 0.377. The number of aliphatic carboxylic acids is 1. The topological polar surface area (TPSA) is 52.6 Å². The van der Waals surface area contributed by atoms with Gasteiger partial charge in [-0.15, -0.1) is 0 Å². The van der Waals surface area contributed by atoms with Crippen molar-refractivity contribution < 1.29 is 9.90 Å². The first kappa shape index (κ1) is 11.5. The van der Waals surface area contributed by atoms with Crippen molar-refractivity contribution in [2.75, 3.05) is 20.1 Å². The van der Waals surface area contributed by atoms with Crippen LogP contribution in [0.25, 0.3) is 0 Å². The average molecular weight is 200 g/mol. The van der Waals surface area contributed by atoms with Gasteiger partial charge in [-0.25, -0.2) is 0 Å². The Kier molecular flexibility index (Phi) is 4.35. The lowest BCUT2D eigenvalue weighted by atomic mass is 10.1. The highest BCUT2D eigenvalue weighted by Crippen LogP contribution is 2.14. The highest BCUT2D eigenvalue weighted by molar-refractivity contribution is 5.72. The van der Waals surface area contributed by atoms with Crippen LogP contribution in [0.4, 0.5) is 0 Å². The van der Waals surface area contributed by atoms with Gasteiger partial charge >= 0.3 is 5.97 Å². The molecule has 1 rings (SSSR count). The summed E-state index contributed by atoms with van der Waals surface area (Å²) in [5.74, 6) is -0.732. The minimum atomic E-state index is -0.732. The van der Waals surface area contributed by atoms with Gasteiger partial charge in [-0.05, 0) is 46.3 Å². The SMILES string of the molecule is CC(C(=O)O)N(C)C1CCCNCC1. The molecule has 1 fully saturated rings. The number of nitrogens with one attached hydrogen (secondary N) is 1. The predicted molar refractivity (Wildman–Crippen MR) is 55.4 cm³/mol. The van der Waals surface area contributed by atoms with Gasteiger partial charge in [-0.2, -0.15) is 0 Å². The lowest BCUT2D eigenvalue weighted by molar-refractivity contribution is -0.143. The molecule has 0 aromatic heterocycles. The second kappa shape index (κ2) is 5.32. The summed E-state index contributed by atoms with van der Waals surface area (Å²) in [4.78, 5) is 12.8.